The Kier molecular flexibility index (Phi) is 3.68. The number of aromatic nitrogens is 2. The van der Waals surface area contributed by atoms with E-state index in [9.17, 15) is 5.11 Å². The molecule has 0 saturated heterocycles. The molecule has 2 aromatic rings. The minimum atomic E-state index is -1.11. The SMILES string of the molecule is CCCn1nccc1C(C)(O)c1ccc(C#N)cc1. The van der Waals surface area contributed by atoms with E-state index in [0.29, 0.717) is 5.56 Å². The van der Waals surface area contributed by atoms with Crippen molar-refractivity contribution >= 4 is 0 Å². The van der Waals surface area contributed by atoms with Gasteiger partial charge in [0.15, 0.2) is 0 Å². The van der Waals surface area contributed by atoms with E-state index in [4.69, 9.17) is 5.26 Å². The van der Waals surface area contributed by atoms with Crippen molar-refractivity contribution < 1.29 is 5.11 Å². The molecule has 1 aromatic carbocycles. The molecule has 2 rings (SSSR count). The molecule has 0 aliphatic heterocycles. The number of benzene rings is 1. The van der Waals surface area contributed by atoms with E-state index in [-0.39, 0.29) is 0 Å². The second kappa shape index (κ2) is 5.25. The number of aryl methyl sites for hydroxylation is 1. The highest BCUT2D eigenvalue weighted by Gasteiger charge is 2.29. The van der Waals surface area contributed by atoms with Crippen molar-refractivity contribution in [2.75, 3.05) is 0 Å². The van der Waals surface area contributed by atoms with E-state index >= 15 is 0 Å². The van der Waals surface area contributed by atoms with Crippen LogP contribution in [0.4, 0.5) is 0 Å². The third kappa shape index (κ3) is 2.51. The monoisotopic (exact) mass is 255 g/mol. The lowest BCUT2D eigenvalue weighted by Gasteiger charge is -2.25. The van der Waals surface area contributed by atoms with E-state index in [0.717, 1.165) is 24.2 Å². The van der Waals surface area contributed by atoms with Gasteiger partial charge in [0.05, 0.1) is 17.3 Å². The quantitative estimate of drug-likeness (QED) is 0.912. The molecule has 4 heteroatoms. The lowest BCUT2D eigenvalue weighted by atomic mass is 9.92. The molecule has 0 aliphatic rings. The van der Waals surface area contributed by atoms with Crippen molar-refractivity contribution in [3.8, 4) is 6.07 Å². The molecule has 1 unspecified atom stereocenters. The first kappa shape index (κ1) is 13.3. The fourth-order valence-corrected chi connectivity index (χ4v) is 2.15. The summed E-state index contributed by atoms with van der Waals surface area (Å²) in [5, 5.41) is 23.8. The molecule has 0 spiro atoms. The maximum atomic E-state index is 10.8. The van der Waals surface area contributed by atoms with Crippen molar-refractivity contribution in [2.24, 2.45) is 0 Å². The lowest BCUT2D eigenvalue weighted by Crippen LogP contribution is -2.27. The zero-order valence-corrected chi connectivity index (χ0v) is 11.2. The van der Waals surface area contributed by atoms with Gasteiger partial charge in [0.2, 0.25) is 0 Å². The summed E-state index contributed by atoms with van der Waals surface area (Å²) in [6.07, 6.45) is 2.65. The Bertz CT molecular complexity index is 591. The van der Waals surface area contributed by atoms with Crippen LogP contribution in [0.15, 0.2) is 36.5 Å². The van der Waals surface area contributed by atoms with Crippen LogP contribution >= 0.6 is 0 Å². The first-order valence-corrected chi connectivity index (χ1v) is 6.35. The second-order valence-electron chi connectivity index (χ2n) is 4.70. The zero-order chi connectivity index (χ0) is 13.9. The van der Waals surface area contributed by atoms with E-state index in [1.165, 1.54) is 0 Å². The minimum absolute atomic E-state index is 0.585. The molecule has 0 bridgehead atoms. The van der Waals surface area contributed by atoms with Crippen molar-refractivity contribution in [1.82, 2.24) is 9.78 Å². The van der Waals surface area contributed by atoms with Gasteiger partial charge in [-0.1, -0.05) is 19.1 Å². The molecule has 0 saturated carbocycles. The lowest BCUT2D eigenvalue weighted by molar-refractivity contribution is 0.0914. The predicted molar refractivity (Wildman–Crippen MR) is 72.3 cm³/mol. The van der Waals surface area contributed by atoms with Crippen molar-refractivity contribution in [1.29, 1.82) is 5.26 Å². The van der Waals surface area contributed by atoms with Gasteiger partial charge in [0, 0.05) is 12.7 Å². The predicted octanol–water partition coefficient (Wildman–Crippen LogP) is 2.42. The van der Waals surface area contributed by atoms with Gasteiger partial charge in [0.1, 0.15) is 5.60 Å². The highest BCUT2D eigenvalue weighted by Crippen LogP contribution is 2.29. The summed E-state index contributed by atoms with van der Waals surface area (Å²) in [4.78, 5) is 0. The topological polar surface area (TPSA) is 61.8 Å². The number of rotatable bonds is 4. The van der Waals surface area contributed by atoms with Gasteiger partial charge in [-0.25, -0.2) is 0 Å². The van der Waals surface area contributed by atoms with Gasteiger partial charge in [-0.05, 0) is 37.1 Å². The van der Waals surface area contributed by atoms with Crippen LogP contribution in [0.3, 0.4) is 0 Å². The third-order valence-electron chi connectivity index (χ3n) is 3.23. The number of nitrogens with zero attached hydrogens (tertiary/aromatic N) is 3. The Balaban J connectivity index is 2.40. The first-order chi connectivity index (χ1) is 9.09. The number of hydrogen-bond donors (Lipinski definition) is 1. The Morgan fingerprint density at radius 1 is 1.32 bits per heavy atom. The largest absolute Gasteiger partial charge is 0.379 e. The summed E-state index contributed by atoms with van der Waals surface area (Å²) in [5.41, 5.74) is 0.990. The molecule has 1 aromatic heterocycles. The summed E-state index contributed by atoms with van der Waals surface area (Å²) in [6.45, 7) is 4.59. The summed E-state index contributed by atoms with van der Waals surface area (Å²) >= 11 is 0. The van der Waals surface area contributed by atoms with Gasteiger partial charge in [-0.15, -0.1) is 0 Å². The van der Waals surface area contributed by atoms with E-state index in [1.807, 2.05) is 10.7 Å². The van der Waals surface area contributed by atoms with E-state index in [2.05, 4.69) is 18.1 Å². The van der Waals surface area contributed by atoms with Crippen molar-refractivity contribution in [2.45, 2.75) is 32.4 Å². The van der Waals surface area contributed by atoms with Crippen LogP contribution in [0.25, 0.3) is 0 Å². The molecule has 19 heavy (non-hydrogen) atoms. The Hall–Kier alpha value is -2.12. The molecule has 98 valence electrons. The molecular weight excluding hydrogens is 238 g/mol. The number of nitriles is 1. The van der Waals surface area contributed by atoms with E-state index in [1.54, 1.807) is 37.4 Å². The summed E-state index contributed by atoms with van der Waals surface area (Å²) in [6, 6.07) is 10.9. The van der Waals surface area contributed by atoms with Crippen LogP contribution in [-0.2, 0) is 12.1 Å². The average molecular weight is 255 g/mol. The van der Waals surface area contributed by atoms with Gasteiger partial charge >= 0.3 is 0 Å². The van der Waals surface area contributed by atoms with E-state index < -0.39 is 5.60 Å². The highest BCUT2D eigenvalue weighted by atomic mass is 16.3. The maximum Gasteiger partial charge on any atom is 0.128 e. The molecule has 1 N–H and O–H groups in total. The van der Waals surface area contributed by atoms with Crippen molar-refractivity contribution in [3.05, 3.63) is 53.3 Å². The minimum Gasteiger partial charge on any atom is -0.379 e. The van der Waals surface area contributed by atoms with Crippen molar-refractivity contribution in [3.63, 3.8) is 0 Å². The van der Waals surface area contributed by atoms with Gasteiger partial charge < -0.3 is 5.11 Å². The Morgan fingerprint density at radius 2 is 2.00 bits per heavy atom. The van der Waals surface area contributed by atoms with Gasteiger partial charge in [-0.2, -0.15) is 10.4 Å². The van der Waals surface area contributed by atoms with Crippen LogP contribution in [0.1, 0.15) is 37.1 Å². The smallest absolute Gasteiger partial charge is 0.128 e. The normalized spacial score (nSPS) is 13.8. The second-order valence-corrected chi connectivity index (χ2v) is 4.70. The summed E-state index contributed by atoms with van der Waals surface area (Å²) in [7, 11) is 0. The summed E-state index contributed by atoms with van der Waals surface area (Å²) in [5.74, 6) is 0. The van der Waals surface area contributed by atoms with Gasteiger partial charge in [-0.3, -0.25) is 4.68 Å². The Labute approximate surface area is 112 Å². The fraction of sp³-hybridized carbons (Fsp3) is 0.333. The molecule has 4 nitrogen and oxygen atoms in total. The van der Waals surface area contributed by atoms with Crippen LogP contribution < -0.4 is 0 Å². The zero-order valence-electron chi connectivity index (χ0n) is 11.2. The molecule has 0 amide bonds. The first-order valence-electron chi connectivity index (χ1n) is 6.35. The fourth-order valence-electron chi connectivity index (χ4n) is 2.15. The third-order valence-corrected chi connectivity index (χ3v) is 3.23. The summed E-state index contributed by atoms with van der Waals surface area (Å²) < 4.78 is 1.82. The highest BCUT2D eigenvalue weighted by molar-refractivity contribution is 5.37. The molecule has 0 aliphatic carbocycles. The van der Waals surface area contributed by atoms with Crippen LogP contribution in [0.5, 0.6) is 0 Å². The molecule has 0 fully saturated rings. The standard InChI is InChI=1S/C15H17N3O/c1-3-10-18-14(8-9-17-18)15(2,19)13-6-4-12(11-16)5-7-13/h4-9,19H,3,10H2,1-2H3. The Morgan fingerprint density at radius 3 is 2.58 bits per heavy atom. The maximum absolute atomic E-state index is 10.8. The average Bonchev–Trinajstić information content (AvgIpc) is 2.88. The number of hydrogen-bond acceptors (Lipinski definition) is 3. The molecular formula is C15H17N3O. The van der Waals surface area contributed by atoms with Gasteiger partial charge in [0.25, 0.3) is 0 Å². The van der Waals surface area contributed by atoms with Crippen LogP contribution in [0, 0.1) is 11.3 Å². The van der Waals surface area contributed by atoms with Crippen LogP contribution in [-0.4, -0.2) is 14.9 Å². The molecule has 0 radical (unpaired) electrons. The number of aliphatic hydroxyl groups is 1. The molecule has 1 heterocycles. The molecule has 1 atom stereocenters. The van der Waals surface area contributed by atoms with Crippen LogP contribution in [0.2, 0.25) is 0 Å².